The molecular weight excluding hydrogens is 274 g/mol. The van der Waals surface area contributed by atoms with Crippen LogP contribution in [0.3, 0.4) is 0 Å². The Bertz CT molecular complexity index is 526. The van der Waals surface area contributed by atoms with Gasteiger partial charge in [-0.15, -0.1) is 0 Å². The minimum absolute atomic E-state index is 0.0692. The zero-order valence-electron chi connectivity index (χ0n) is 11.6. The lowest BCUT2D eigenvalue weighted by Crippen LogP contribution is -2.31. The summed E-state index contributed by atoms with van der Waals surface area (Å²) in [6.45, 7) is 4.93. The Labute approximate surface area is 122 Å². The summed E-state index contributed by atoms with van der Waals surface area (Å²) in [5.41, 5.74) is 1.22. The highest BCUT2D eigenvalue weighted by Crippen LogP contribution is 2.13. The fraction of sp³-hybridized carbons (Fsp3) is 0.214. The second-order valence-electron chi connectivity index (χ2n) is 4.01. The fourth-order valence-corrected chi connectivity index (χ4v) is 1.39. The van der Waals surface area contributed by atoms with E-state index in [2.05, 4.69) is 22.5 Å². The summed E-state index contributed by atoms with van der Waals surface area (Å²) in [4.78, 5) is 33.2. The number of nitrogens with one attached hydrogen (secondary N) is 3. The van der Waals surface area contributed by atoms with Crippen molar-refractivity contribution in [2.75, 3.05) is 23.8 Å². The van der Waals surface area contributed by atoms with E-state index in [9.17, 15) is 14.4 Å². The molecule has 1 aromatic rings. The highest BCUT2D eigenvalue weighted by atomic mass is 16.5. The van der Waals surface area contributed by atoms with Gasteiger partial charge in [-0.1, -0.05) is 6.58 Å². The number of urea groups is 1. The Morgan fingerprint density at radius 2 is 1.71 bits per heavy atom. The van der Waals surface area contributed by atoms with Gasteiger partial charge in [0.25, 0.3) is 0 Å². The highest BCUT2D eigenvalue weighted by Gasteiger charge is 2.02. The molecule has 0 saturated heterocycles. The molecule has 0 aliphatic carbocycles. The average Bonchev–Trinajstić information content (AvgIpc) is 2.45. The molecular formula is C14H17N3O4. The molecule has 112 valence electrons. The number of ether oxygens (including phenoxy) is 1. The smallest absolute Gasteiger partial charge is 0.330 e. The molecule has 3 amide bonds. The van der Waals surface area contributed by atoms with Crippen molar-refractivity contribution < 1.29 is 19.1 Å². The molecule has 0 aromatic heterocycles. The molecule has 7 nitrogen and oxygen atoms in total. The predicted octanol–water partition coefficient (Wildman–Crippen LogP) is 1.50. The summed E-state index contributed by atoms with van der Waals surface area (Å²) >= 11 is 0. The molecule has 0 unspecified atom stereocenters. The van der Waals surface area contributed by atoms with Crippen LogP contribution in [0.25, 0.3) is 0 Å². The monoisotopic (exact) mass is 291 g/mol. The number of esters is 1. The number of anilines is 2. The van der Waals surface area contributed by atoms with Gasteiger partial charge < -0.3 is 20.7 Å². The van der Waals surface area contributed by atoms with Crippen LogP contribution in [-0.4, -0.2) is 31.1 Å². The van der Waals surface area contributed by atoms with Crippen molar-refractivity contribution in [3.8, 4) is 0 Å². The Morgan fingerprint density at radius 1 is 1.14 bits per heavy atom. The van der Waals surface area contributed by atoms with Crippen LogP contribution in [0.15, 0.2) is 36.9 Å². The Kier molecular flexibility index (Phi) is 6.46. The quantitative estimate of drug-likeness (QED) is 0.420. The number of amides is 3. The average molecular weight is 291 g/mol. The second-order valence-corrected chi connectivity index (χ2v) is 4.01. The van der Waals surface area contributed by atoms with E-state index in [1.54, 1.807) is 24.3 Å². The lowest BCUT2D eigenvalue weighted by Gasteiger charge is -2.08. The number of benzene rings is 1. The largest absolute Gasteiger partial charge is 0.461 e. The maximum absolute atomic E-state index is 11.5. The number of hydrogen-bond donors (Lipinski definition) is 3. The van der Waals surface area contributed by atoms with Crippen molar-refractivity contribution in [3.63, 3.8) is 0 Å². The summed E-state index contributed by atoms with van der Waals surface area (Å²) in [6, 6.07) is 6.23. The normalized spacial score (nSPS) is 9.38. The van der Waals surface area contributed by atoms with Crippen molar-refractivity contribution >= 4 is 29.3 Å². The van der Waals surface area contributed by atoms with Crippen LogP contribution in [0.5, 0.6) is 0 Å². The molecule has 0 bridgehead atoms. The van der Waals surface area contributed by atoms with E-state index in [0.29, 0.717) is 11.4 Å². The molecule has 0 aliphatic rings. The Hall–Kier alpha value is -2.83. The zero-order valence-corrected chi connectivity index (χ0v) is 11.6. The van der Waals surface area contributed by atoms with E-state index >= 15 is 0 Å². The molecule has 0 fully saturated rings. The predicted molar refractivity (Wildman–Crippen MR) is 78.9 cm³/mol. The van der Waals surface area contributed by atoms with Gasteiger partial charge in [-0.25, -0.2) is 9.59 Å². The molecule has 1 aromatic carbocycles. The molecule has 7 heteroatoms. The van der Waals surface area contributed by atoms with Crippen LogP contribution in [-0.2, 0) is 14.3 Å². The summed E-state index contributed by atoms with van der Waals surface area (Å²) in [5.74, 6) is -0.701. The van der Waals surface area contributed by atoms with E-state index < -0.39 is 12.0 Å². The number of hydrogen-bond acceptors (Lipinski definition) is 4. The number of rotatable bonds is 6. The standard InChI is InChI=1S/C14H17N3O4/c1-3-13(19)21-9-8-15-14(20)17-12-6-4-11(5-7-12)16-10(2)18/h3-7H,1,8-9H2,2H3,(H,16,18)(H2,15,17,20). The van der Waals surface area contributed by atoms with Gasteiger partial charge in [0.1, 0.15) is 6.61 Å². The third-order valence-corrected chi connectivity index (χ3v) is 2.26. The summed E-state index contributed by atoms with van der Waals surface area (Å²) < 4.78 is 4.70. The van der Waals surface area contributed by atoms with Gasteiger partial charge in [0.15, 0.2) is 0 Å². The number of carbonyl (C=O) groups is 3. The lowest BCUT2D eigenvalue weighted by atomic mass is 10.3. The van der Waals surface area contributed by atoms with E-state index in [-0.39, 0.29) is 19.1 Å². The van der Waals surface area contributed by atoms with Crippen LogP contribution in [0, 0.1) is 0 Å². The van der Waals surface area contributed by atoms with E-state index in [1.165, 1.54) is 6.92 Å². The first-order chi connectivity index (χ1) is 10.0. The van der Waals surface area contributed by atoms with Crippen molar-refractivity contribution in [2.45, 2.75) is 6.92 Å². The van der Waals surface area contributed by atoms with Gasteiger partial charge in [-0.05, 0) is 24.3 Å². The molecule has 3 N–H and O–H groups in total. The first-order valence-corrected chi connectivity index (χ1v) is 6.23. The Morgan fingerprint density at radius 3 is 2.24 bits per heavy atom. The lowest BCUT2D eigenvalue weighted by molar-refractivity contribution is -0.137. The second kappa shape index (κ2) is 8.36. The summed E-state index contributed by atoms with van der Waals surface area (Å²) in [7, 11) is 0. The van der Waals surface area contributed by atoms with Gasteiger partial charge in [0.2, 0.25) is 5.91 Å². The fourth-order valence-electron chi connectivity index (χ4n) is 1.39. The molecule has 0 atom stereocenters. The molecule has 0 aliphatic heterocycles. The first kappa shape index (κ1) is 16.2. The van der Waals surface area contributed by atoms with Crippen molar-refractivity contribution in [1.82, 2.24) is 5.32 Å². The minimum atomic E-state index is -0.536. The molecule has 0 saturated carbocycles. The van der Waals surface area contributed by atoms with Gasteiger partial charge in [0.05, 0.1) is 6.54 Å². The van der Waals surface area contributed by atoms with Crippen LogP contribution >= 0.6 is 0 Å². The van der Waals surface area contributed by atoms with Crippen molar-refractivity contribution in [1.29, 1.82) is 0 Å². The van der Waals surface area contributed by atoms with Crippen LogP contribution in [0.2, 0.25) is 0 Å². The molecule has 1 rings (SSSR count). The SMILES string of the molecule is C=CC(=O)OCCNC(=O)Nc1ccc(NC(C)=O)cc1. The first-order valence-electron chi connectivity index (χ1n) is 6.23. The topological polar surface area (TPSA) is 96.5 Å². The van der Waals surface area contributed by atoms with E-state index in [1.807, 2.05) is 0 Å². The third-order valence-electron chi connectivity index (χ3n) is 2.26. The van der Waals surface area contributed by atoms with Gasteiger partial charge >= 0.3 is 12.0 Å². The third kappa shape index (κ3) is 6.76. The summed E-state index contributed by atoms with van der Waals surface area (Å²) in [5, 5.41) is 7.75. The highest BCUT2D eigenvalue weighted by molar-refractivity contribution is 5.91. The van der Waals surface area contributed by atoms with Gasteiger partial charge in [-0.3, -0.25) is 4.79 Å². The van der Waals surface area contributed by atoms with Crippen molar-refractivity contribution in [2.24, 2.45) is 0 Å². The van der Waals surface area contributed by atoms with Crippen LogP contribution in [0.4, 0.5) is 16.2 Å². The van der Waals surface area contributed by atoms with E-state index in [0.717, 1.165) is 6.08 Å². The molecule has 0 spiro atoms. The molecule has 21 heavy (non-hydrogen) atoms. The maximum Gasteiger partial charge on any atom is 0.330 e. The minimum Gasteiger partial charge on any atom is -0.461 e. The summed E-state index contributed by atoms with van der Waals surface area (Å²) in [6.07, 6.45) is 1.05. The van der Waals surface area contributed by atoms with Gasteiger partial charge in [0, 0.05) is 24.4 Å². The van der Waals surface area contributed by atoms with Crippen molar-refractivity contribution in [3.05, 3.63) is 36.9 Å². The Balaban J connectivity index is 2.32. The van der Waals surface area contributed by atoms with Crippen LogP contribution in [0.1, 0.15) is 6.92 Å². The number of carbonyl (C=O) groups excluding carboxylic acids is 3. The maximum atomic E-state index is 11.5. The van der Waals surface area contributed by atoms with Crippen LogP contribution < -0.4 is 16.0 Å². The zero-order chi connectivity index (χ0) is 15.7. The molecule has 0 heterocycles. The van der Waals surface area contributed by atoms with Gasteiger partial charge in [-0.2, -0.15) is 0 Å². The van der Waals surface area contributed by atoms with E-state index in [4.69, 9.17) is 4.74 Å². The molecule has 0 radical (unpaired) electrons.